The maximum absolute atomic E-state index is 12.3. The van der Waals surface area contributed by atoms with Crippen LogP contribution in [0.2, 0.25) is 0 Å². The van der Waals surface area contributed by atoms with Crippen LogP contribution in [0.4, 0.5) is 0 Å². The topological polar surface area (TPSA) is 66.4 Å². The van der Waals surface area contributed by atoms with Gasteiger partial charge in [0.1, 0.15) is 0 Å². The summed E-state index contributed by atoms with van der Waals surface area (Å²) in [6, 6.07) is 1.72. The standard InChI is InChI=1S/C13H21NO3S2/c1-9-6-13(10(2)18-9)19(16,17)14-7-11-4-3-5-12(11)8-15/h6,11-12,14-15H,3-5,7-8H2,1-2H3. The Morgan fingerprint density at radius 2 is 2.05 bits per heavy atom. The van der Waals surface area contributed by atoms with Crippen molar-refractivity contribution in [2.45, 2.75) is 38.0 Å². The highest BCUT2D eigenvalue weighted by Crippen LogP contribution is 2.31. The zero-order valence-corrected chi connectivity index (χ0v) is 13.0. The lowest BCUT2D eigenvalue weighted by atomic mass is 9.97. The van der Waals surface area contributed by atoms with Crippen molar-refractivity contribution in [1.29, 1.82) is 0 Å². The molecule has 108 valence electrons. The molecule has 0 bridgehead atoms. The molecule has 1 saturated carbocycles. The van der Waals surface area contributed by atoms with E-state index < -0.39 is 10.0 Å². The van der Waals surface area contributed by atoms with Gasteiger partial charge in [-0.05, 0) is 44.6 Å². The number of hydrogen-bond donors (Lipinski definition) is 2. The first kappa shape index (κ1) is 15.0. The minimum absolute atomic E-state index is 0.156. The molecular weight excluding hydrogens is 282 g/mol. The van der Waals surface area contributed by atoms with Crippen molar-refractivity contribution < 1.29 is 13.5 Å². The molecule has 2 atom stereocenters. The normalized spacial score (nSPS) is 23.9. The first-order valence-corrected chi connectivity index (χ1v) is 8.91. The average molecular weight is 303 g/mol. The van der Waals surface area contributed by atoms with Crippen molar-refractivity contribution in [3.05, 3.63) is 15.8 Å². The Morgan fingerprint density at radius 3 is 2.63 bits per heavy atom. The van der Waals surface area contributed by atoms with Crippen LogP contribution in [-0.4, -0.2) is 26.7 Å². The molecule has 2 N–H and O–H groups in total. The zero-order valence-electron chi connectivity index (χ0n) is 11.3. The van der Waals surface area contributed by atoms with E-state index in [0.29, 0.717) is 11.4 Å². The molecule has 1 aliphatic rings. The molecule has 0 aromatic carbocycles. The van der Waals surface area contributed by atoms with Gasteiger partial charge in [0, 0.05) is 22.9 Å². The van der Waals surface area contributed by atoms with E-state index in [-0.39, 0.29) is 18.4 Å². The lowest BCUT2D eigenvalue weighted by molar-refractivity contribution is 0.195. The first-order valence-electron chi connectivity index (χ1n) is 6.61. The van der Waals surface area contributed by atoms with Crippen LogP contribution in [0, 0.1) is 25.7 Å². The van der Waals surface area contributed by atoms with Gasteiger partial charge >= 0.3 is 0 Å². The Morgan fingerprint density at radius 1 is 1.37 bits per heavy atom. The highest BCUT2D eigenvalue weighted by molar-refractivity contribution is 7.89. The van der Waals surface area contributed by atoms with Crippen molar-refractivity contribution in [1.82, 2.24) is 4.72 Å². The average Bonchev–Trinajstić information content (AvgIpc) is 2.93. The molecule has 1 heterocycles. The Hall–Kier alpha value is -0.430. The summed E-state index contributed by atoms with van der Waals surface area (Å²) in [7, 11) is -3.41. The van der Waals surface area contributed by atoms with Crippen molar-refractivity contribution in [3.8, 4) is 0 Å². The fraction of sp³-hybridized carbons (Fsp3) is 0.692. The summed E-state index contributed by atoms with van der Waals surface area (Å²) in [5.41, 5.74) is 0. The third-order valence-corrected chi connectivity index (χ3v) is 6.52. The van der Waals surface area contributed by atoms with E-state index in [0.717, 1.165) is 29.0 Å². The molecule has 6 heteroatoms. The molecule has 0 radical (unpaired) electrons. The smallest absolute Gasteiger partial charge is 0.241 e. The van der Waals surface area contributed by atoms with Crippen molar-refractivity contribution in [2.24, 2.45) is 11.8 Å². The summed E-state index contributed by atoms with van der Waals surface area (Å²) in [6.45, 7) is 4.33. The van der Waals surface area contributed by atoms with Crippen LogP contribution in [0.1, 0.15) is 29.0 Å². The van der Waals surface area contributed by atoms with Gasteiger partial charge in [-0.15, -0.1) is 11.3 Å². The van der Waals surface area contributed by atoms with Crippen LogP contribution < -0.4 is 4.72 Å². The Kier molecular flexibility index (Phi) is 4.66. The fourth-order valence-corrected chi connectivity index (χ4v) is 5.44. The minimum Gasteiger partial charge on any atom is -0.396 e. The first-order chi connectivity index (χ1) is 8.94. The number of nitrogens with one attached hydrogen (secondary N) is 1. The molecule has 19 heavy (non-hydrogen) atoms. The number of rotatable bonds is 5. The van der Waals surface area contributed by atoms with Gasteiger partial charge in [-0.1, -0.05) is 6.42 Å². The predicted octanol–water partition coefficient (Wildman–Crippen LogP) is 2.05. The molecule has 1 fully saturated rings. The van der Waals surface area contributed by atoms with Crippen LogP contribution in [0.15, 0.2) is 11.0 Å². The number of thiophene rings is 1. The molecule has 0 amide bonds. The van der Waals surface area contributed by atoms with Crippen molar-refractivity contribution >= 4 is 21.4 Å². The Bertz CT molecular complexity index is 536. The van der Waals surface area contributed by atoms with Crippen LogP contribution in [0.5, 0.6) is 0 Å². The third kappa shape index (κ3) is 3.37. The third-order valence-electron chi connectivity index (χ3n) is 3.87. The van der Waals surface area contributed by atoms with Crippen LogP contribution in [-0.2, 0) is 10.0 Å². The van der Waals surface area contributed by atoms with Gasteiger partial charge < -0.3 is 5.11 Å². The molecule has 4 nitrogen and oxygen atoms in total. The van der Waals surface area contributed by atoms with Crippen LogP contribution in [0.3, 0.4) is 0 Å². The number of hydrogen-bond acceptors (Lipinski definition) is 4. The number of sulfonamides is 1. The van der Waals surface area contributed by atoms with Gasteiger partial charge in [0.25, 0.3) is 0 Å². The zero-order chi connectivity index (χ0) is 14.0. The molecule has 2 rings (SSSR count). The summed E-state index contributed by atoms with van der Waals surface area (Å²) in [5, 5.41) is 9.25. The molecule has 0 aliphatic heterocycles. The lowest BCUT2D eigenvalue weighted by Crippen LogP contribution is -2.31. The molecule has 2 unspecified atom stereocenters. The molecule has 1 aromatic rings. The second-order valence-electron chi connectivity index (χ2n) is 5.26. The van der Waals surface area contributed by atoms with Gasteiger partial charge in [0.2, 0.25) is 10.0 Å². The highest BCUT2D eigenvalue weighted by Gasteiger charge is 2.28. The quantitative estimate of drug-likeness (QED) is 0.875. The molecular formula is C13H21NO3S2. The van der Waals surface area contributed by atoms with Crippen molar-refractivity contribution in [2.75, 3.05) is 13.2 Å². The lowest BCUT2D eigenvalue weighted by Gasteiger charge is -2.17. The van der Waals surface area contributed by atoms with E-state index in [4.69, 9.17) is 0 Å². The van der Waals surface area contributed by atoms with Gasteiger partial charge in [-0.2, -0.15) is 0 Å². The Balaban J connectivity index is 2.04. The van der Waals surface area contributed by atoms with Crippen LogP contribution in [0.25, 0.3) is 0 Å². The molecule has 0 saturated heterocycles. The SMILES string of the molecule is Cc1cc(S(=O)(=O)NCC2CCCC2CO)c(C)s1. The van der Waals surface area contributed by atoms with E-state index in [1.165, 1.54) is 11.3 Å². The van der Waals surface area contributed by atoms with Crippen LogP contribution >= 0.6 is 11.3 Å². The van der Waals surface area contributed by atoms with Gasteiger partial charge in [0.15, 0.2) is 0 Å². The predicted molar refractivity (Wildman–Crippen MR) is 76.9 cm³/mol. The maximum atomic E-state index is 12.3. The van der Waals surface area contributed by atoms with E-state index in [9.17, 15) is 13.5 Å². The summed E-state index contributed by atoms with van der Waals surface area (Å²) >= 11 is 1.50. The van der Waals surface area contributed by atoms with Gasteiger partial charge in [0.05, 0.1) is 4.90 Å². The summed E-state index contributed by atoms with van der Waals surface area (Å²) < 4.78 is 27.2. The van der Waals surface area contributed by atoms with E-state index >= 15 is 0 Å². The number of aliphatic hydroxyl groups excluding tert-OH is 1. The van der Waals surface area contributed by atoms with E-state index in [1.807, 2.05) is 13.8 Å². The van der Waals surface area contributed by atoms with E-state index in [2.05, 4.69) is 4.72 Å². The van der Waals surface area contributed by atoms with Gasteiger partial charge in [-0.25, -0.2) is 13.1 Å². The fourth-order valence-electron chi connectivity index (χ4n) is 2.79. The van der Waals surface area contributed by atoms with Gasteiger partial charge in [-0.3, -0.25) is 0 Å². The van der Waals surface area contributed by atoms with Crippen molar-refractivity contribution in [3.63, 3.8) is 0 Å². The second-order valence-corrected chi connectivity index (χ2v) is 8.46. The summed E-state index contributed by atoms with van der Waals surface area (Å²) in [5.74, 6) is 0.507. The largest absolute Gasteiger partial charge is 0.396 e. The second kappa shape index (κ2) is 5.91. The van der Waals surface area contributed by atoms with E-state index in [1.54, 1.807) is 6.07 Å². The highest BCUT2D eigenvalue weighted by atomic mass is 32.2. The number of aliphatic hydroxyl groups is 1. The summed E-state index contributed by atoms with van der Waals surface area (Å²) in [6.07, 6.45) is 3.07. The maximum Gasteiger partial charge on any atom is 0.241 e. The summed E-state index contributed by atoms with van der Waals surface area (Å²) in [4.78, 5) is 2.23. The Labute approximate surface area is 118 Å². The molecule has 0 spiro atoms. The minimum atomic E-state index is -3.41. The molecule has 1 aliphatic carbocycles. The monoisotopic (exact) mass is 303 g/mol. The number of aryl methyl sites for hydroxylation is 2. The molecule has 1 aromatic heterocycles.